The van der Waals surface area contributed by atoms with Crippen molar-refractivity contribution < 1.29 is 105 Å². The van der Waals surface area contributed by atoms with Gasteiger partial charge in [-0.15, -0.1) is 0 Å². The summed E-state index contributed by atoms with van der Waals surface area (Å²) in [5.41, 5.74) is 6.08. The second kappa shape index (κ2) is 35.2. The summed E-state index contributed by atoms with van der Waals surface area (Å²) >= 11 is 0. The highest BCUT2D eigenvalue weighted by molar-refractivity contribution is 6.03. The molecule has 8 amide bonds. The highest BCUT2D eigenvalue weighted by Crippen LogP contribution is 2.26. The number of likely N-dealkylation sites (tertiary alicyclic amines) is 3. The molecule has 4 aliphatic heterocycles. The van der Waals surface area contributed by atoms with Crippen molar-refractivity contribution in [3.63, 3.8) is 0 Å². The summed E-state index contributed by atoms with van der Waals surface area (Å²) in [5, 5.41) is 9.95. The minimum Gasteiger partial charge on any atom is -0.467 e. The number of nitrogens with zero attached hydrogens (tertiary/aromatic N) is 3. The molecule has 0 radical (unpaired) electrons. The standard InChI is InChI=1S/C19H24N2O7.C19H26N2O6.C14H16N2O5.C11H20N2O4/c1-19(2,3)28-18(25)21-14(16(23)26-4)10-13(15(21)22)20-17(24)27-11-12-8-6-5-7-9-12;1-19(2,3)27-18(24)21-11-14(10-15(21)16(22)25-4)20-17(23)26-12-13-8-6-5-7-9-13;1-20-13(18)11-7-10(12(17)15-11)16-14(19)21-8-9-5-3-2-4-6-9;1-11(2,3)17-10(15)13-6-7(12)5-8(13)9(14)16-4/h5-9,13-14H,10-11H2,1-4H3,(H,20,24);5-9,14-15H,10-12H2,1-4H3,(H,20,23);2-6,10-11H,7-8H2,1H3,(H,15,17)(H,16,19);7-8H,5-6,12H2,1-4H3/t13-,14-;14-,15-;10-,11-;7-,8-/m0000/s1. The van der Waals surface area contributed by atoms with Crippen LogP contribution < -0.4 is 27.0 Å². The Bertz CT molecular complexity index is 3050. The number of carbonyl (C=O) groups is 12. The van der Waals surface area contributed by atoms with Gasteiger partial charge in [-0.1, -0.05) is 91.0 Å². The van der Waals surface area contributed by atoms with Crippen LogP contribution in [0, 0.1) is 0 Å². The first-order valence-corrected chi connectivity index (χ1v) is 29.5. The third-order valence-corrected chi connectivity index (χ3v) is 13.3. The summed E-state index contributed by atoms with van der Waals surface area (Å²) in [4.78, 5) is 147. The maximum Gasteiger partial charge on any atom is 0.417 e. The van der Waals surface area contributed by atoms with E-state index in [2.05, 4.69) is 35.5 Å². The molecule has 30 heteroatoms. The minimum atomic E-state index is -1.19. The highest BCUT2D eigenvalue weighted by Gasteiger charge is 2.50. The SMILES string of the molecule is COC(=O)[C@@H]1C[C@H](N)CN1C(=O)OC(C)(C)C.COC(=O)[C@@H]1C[C@H](NC(=O)OCc2ccccc2)C(=O)N1.COC(=O)[C@@H]1C[C@H](NC(=O)OCc2ccccc2)C(=O)N1C(=O)OC(C)(C)C.COC(=O)[C@@H]1C[C@H](NC(=O)OCc2ccccc2)CN1C(=O)OC(C)(C)C. The van der Waals surface area contributed by atoms with Crippen LogP contribution in [-0.2, 0) is 96.0 Å². The fourth-order valence-corrected chi connectivity index (χ4v) is 9.15. The topological polar surface area (TPSA) is 381 Å². The van der Waals surface area contributed by atoms with Crippen molar-refractivity contribution in [2.24, 2.45) is 5.73 Å². The normalized spacial score (nSPS) is 20.5. The van der Waals surface area contributed by atoms with Crippen molar-refractivity contribution in [2.75, 3.05) is 41.5 Å². The molecule has 3 aromatic rings. The lowest BCUT2D eigenvalue weighted by atomic mass is 10.1. The summed E-state index contributed by atoms with van der Waals surface area (Å²) < 4.78 is 49.7. The number of methoxy groups -OCH3 is 4. The summed E-state index contributed by atoms with van der Waals surface area (Å²) in [6.07, 6.45) is -3.63. The van der Waals surface area contributed by atoms with Gasteiger partial charge in [0.25, 0.3) is 5.91 Å². The van der Waals surface area contributed by atoms with E-state index < -0.39 is 131 Å². The zero-order valence-electron chi connectivity index (χ0n) is 54.5. The van der Waals surface area contributed by atoms with E-state index in [1.807, 2.05) is 66.7 Å². The van der Waals surface area contributed by atoms with Gasteiger partial charge in [0.1, 0.15) is 72.9 Å². The molecule has 0 aromatic heterocycles. The maximum atomic E-state index is 12.6. The quantitative estimate of drug-likeness (QED) is 0.107. The molecule has 0 aliphatic carbocycles. The van der Waals surface area contributed by atoms with Gasteiger partial charge in [0, 0.05) is 38.4 Å². The predicted molar refractivity (Wildman–Crippen MR) is 327 cm³/mol. The van der Waals surface area contributed by atoms with E-state index in [0.717, 1.165) is 23.8 Å². The van der Waals surface area contributed by atoms with Crippen LogP contribution in [0.15, 0.2) is 91.0 Å². The number of amides is 8. The molecule has 4 fully saturated rings. The molecule has 0 unspecified atom stereocenters. The first kappa shape index (κ1) is 75.7. The predicted octanol–water partition coefficient (Wildman–Crippen LogP) is 5.29. The Labute approximate surface area is 539 Å². The van der Waals surface area contributed by atoms with Crippen LogP contribution in [0.2, 0.25) is 0 Å². The van der Waals surface area contributed by atoms with E-state index in [9.17, 15) is 57.5 Å². The molecule has 4 aliphatic rings. The fraction of sp³-hybridized carbons (Fsp3) is 0.524. The molecule has 3 aromatic carbocycles. The molecular formula is C63H86N8O22. The van der Waals surface area contributed by atoms with Crippen LogP contribution >= 0.6 is 0 Å². The van der Waals surface area contributed by atoms with Gasteiger partial charge in [0.05, 0.1) is 34.5 Å². The van der Waals surface area contributed by atoms with Gasteiger partial charge in [-0.25, -0.2) is 52.8 Å². The van der Waals surface area contributed by atoms with E-state index in [1.165, 1.54) is 31.1 Å². The van der Waals surface area contributed by atoms with Gasteiger partial charge in [0.15, 0.2) is 0 Å². The Morgan fingerprint density at radius 3 is 1.24 bits per heavy atom. The molecule has 0 bridgehead atoms. The third-order valence-electron chi connectivity index (χ3n) is 13.3. The number of benzene rings is 3. The van der Waals surface area contributed by atoms with Crippen LogP contribution in [0.5, 0.6) is 0 Å². The number of carbonyl (C=O) groups excluding carboxylic acids is 12. The molecule has 0 saturated carbocycles. The fourth-order valence-electron chi connectivity index (χ4n) is 9.15. The second-order valence-corrected chi connectivity index (χ2v) is 24.3. The Hall–Kier alpha value is -9.74. The van der Waals surface area contributed by atoms with Crippen molar-refractivity contribution in [3.8, 4) is 0 Å². The molecular weight excluding hydrogens is 1220 g/mol. The van der Waals surface area contributed by atoms with Crippen LogP contribution in [0.4, 0.5) is 28.8 Å². The highest BCUT2D eigenvalue weighted by atomic mass is 16.6. The molecule has 0 spiro atoms. The monoisotopic (exact) mass is 1310 g/mol. The number of nitrogens with two attached hydrogens (primary N) is 1. The zero-order valence-corrected chi connectivity index (χ0v) is 54.5. The molecule has 93 heavy (non-hydrogen) atoms. The van der Waals surface area contributed by atoms with Crippen LogP contribution in [-0.4, -0.2) is 194 Å². The van der Waals surface area contributed by atoms with Crippen LogP contribution in [0.25, 0.3) is 0 Å². The Morgan fingerprint density at radius 2 is 0.828 bits per heavy atom. The minimum absolute atomic E-state index is 0.0177. The molecule has 7 rings (SSSR count). The summed E-state index contributed by atoms with van der Waals surface area (Å²) in [5.74, 6) is -3.51. The van der Waals surface area contributed by atoms with Gasteiger partial charge < -0.3 is 74.4 Å². The van der Waals surface area contributed by atoms with Gasteiger partial charge in [-0.05, 0) is 85.4 Å². The Morgan fingerprint density at radius 1 is 0.462 bits per heavy atom. The van der Waals surface area contributed by atoms with E-state index >= 15 is 0 Å². The Balaban J connectivity index is 0.000000269. The summed E-state index contributed by atoms with van der Waals surface area (Å²) in [7, 11) is 4.93. The number of hydrogen-bond donors (Lipinski definition) is 5. The maximum absolute atomic E-state index is 12.6. The first-order valence-electron chi connectivity index (χ1n) is 29.5. The molecule has 4 saturated heterocycles. The number of nitrogens with one attached hydrogen (secondary N) is 4. The Kier molecular flexibility index (Phi) is 28.6. The number of esters is 4. The zero-order chi connectivity index (χ0) is 69.4. The van der Waals surface area contributed by atoms with Gasteiger partial charge in [0.2, 0.25) is 5.91 Å². The van der Waals surface area contributed by atoms with Crippen LogP contribution in [0.1, 0.15) is 105 Å². The summed E-state index contributed by atoms with van der Waals surface area (Å²) in [6, 6.07) is 21.5. The lowest BCUT2D eigenvalue weighted by Crippen LogP contribution is -2.48. The van der Waals surface area contributed by atoms with Crippen molar-refractivity contribution in [1.82, 2.24) is 36.0 Å². The smallest absolute Gasteiger partial charge is 0.417 e. The largest absolute Gasteiger partial charge is 0.467 e. The van der Waals surface area contributed by atoms with Crippen molar-refractivity contribution in [1.29, 1.82) is 0 Å². The van der Waals surface area contributed by atoms with E-state index in [-0.39, 0.29) is 51.7 Å². The number of rotatable bonds is 13. The molecule has 510 valence electrons. The van der Waals surface area contributed by atoms with Gasteiger partial charge in [-0.2, -0.15) is 0 Å². The second-order valence-electron chi connectivity index (χ2n) is 24.3. The average Bonchev–Trinajstić information content (AvgIpc) is 1.68. The molecule has 4 heterocycles. The van der Waals surface area contributed by atoms with Gasteiger partial charge >= 0.3 is 60.4 Å². The lowest BCUT2D eigenvalue weighted by Gasteiger charge is -2.27. The van der Waals surface area contributed by atoms with E-state index in [4.69, 9.17) is 38.9 Å². The van der Waals surface area contributed by atoms with E-state index in [0.29, 0.717) is 17.9 Å². The van der Waals surface area contributed by atoms with Gasteiger partial charge in [-0.3, -0.25) is 19.4 Å². The first-order chi connectivity index (χ1) is 43.6. The average molecular weight is 1310 g/mol. The van der Waals surface area contributed by atoms with Crippen molar-refractivity contribution in [2.45, 2.75) is 173 Å². The number of alkyl carbamates (subject to hydrolysis) is 3. The lowest BCUT2D eigenvalue weighted by molar-refractivity contribution is -0.148. The van der Waals surface area contributed by atoms with E-state index in [1.54, 1.807) is 86.6 Å². The van der Waals surface area contributed by atoms with Crippen molar-refractivity contribution in [3.05, 3.63) is 108 Å². The third kappa shape index (κ3) is 25.5. The van der Waals surface area contributed by atoms with Crippen molar-refractivity contribution >= 4 is 72.3 Å². The molecule has 6 N–H and O–H groups in total. The number of imide groups is 1. The number of hydrogen-bond acceptors (Lipinski definition) is 23. The molecule has 30 nitrogen and oxygen atoms in total. The number of ether oxygens (including phenoxy) is 10. The molecule has 8 atom stereocenters. The summed E-state index contributed by atoms with van der Waals surface area (Å²) in [6.45, 7) is 16.2. The van der Waals surface area contributed by atoms with Crippen LogP contribution in [0.3, 0.4) is 0 Å².